The summed E-state index contributed by atoms with van der Waals surface area (Å²) in [5.74, 6) is -4.04. The number of β-lactam (4-membered cyclic amide) rings is 1. The molecule has 0 radical (unpaired) electrons. The summed E-state index contributed by atoms with van der Waals surface area (Å²) < 4.78 is 2.72. The molecule has 1 fully saturated rings. The lowest BCUT2D eigenvalue weighted by Gasteiger charge is -2.50. The number of amides is 3. The van der Waals surface area contributed by atoms with Crippen LogP contribution in [0.25, 0.3) is 10.2 Å². The van der Waals surface area contributed by atoms with Gasteiger partial charge in [-0.25, -0.2) is 14.8 Å². The quantitative estimate of drug-likeness (QED) is 0.0698. The standard InChI is InChI=1S/C25H24N8O8S4/c1-9-13-12(4-5-32(9)23(27)40)45-24(30-13)44-7-10-6-42-19-15(18(35)33(19)16(10)20(36)37)29-17(34)14(11-8-43-22(26)28-11)31-41-25(2,3)21(38)39/h4-5,8,15,19H,6-7H2,1-3H3,(H6-,26,27,28,29,34,36,37,38,39,40)/b31-14-/t15?,19-/m0/s1. The number of rotatable bonds is 10. The lowest BCUT2D eigenvalue weighted by Crippen LogP contribution is -2.71. The highest BCUT2D eigenvalue weighted by Crippen LogP contribution is 2.42. The van der Waals surface area contributed by atoms with Gasteiger partial charge in [-0.15, -0.1) is 34.4 Å². The van der Waals surface area contributed by atoms with E-state index in [1.807, 2.05) is 0 Å². The molecule has 1 unspecified atom stereocenters. The van der Waals surface area contributed by atoms with Crippen LogP contribution in [-0.2, 0) is 24.0 Å². The molecular weight excluding hydrogens is 669 g/mol. The number of aliphatic carboxylic acids is 2. The molecule has 5 heterocycles. The molecule has 45 heavy (non-hydrogen) atoms. The third kappa shape index (κ3) is 6.17. The van der Waals surface area contributed by atoms with Crippen molar-refractivity contribution in [3.63, 3.8) is 0 Å². The van der Waals surface area contributed by atoms with Crippen molar-refractivity contribution >= 4 is 97.0 Å². The average molecular weight is 693 g/mol. The zero-order valence-corrected chi connectivity index (χ0v) is 26.9. The van der Waals surface area contributed by atoms with Crippen molar-refractivity contribution in [2.75, 3.05) is 17.2 Å². The van der Waals surface area contributed by atoms with E-state index in [-0.39, 0.29) is 28.0 Å². The lowest BCUT2D eigenvalue weighted by atomic mass is 10.0. The zero-order chi connectivity index (χ0) is 32.8. The highest BCUT2D eigenvalue weighted by atomic mass is 32.2. The molecular formula is C25H24N8O8S4. The summed E-state index contributed by atoms with van der Waals surface area (Å²) in [6.45, 7) is 4.18. The van der Waals surface area contributed by atoms with Crippen LogP contribution in [0.15, 0.2) is 38.4 Å². The van der Waals surface area contributed by atoms with Gasteiger partial charge in [-0.1, -0.05) is 16.9 Å². The number of carbonyl (C=O) groups is 5. The van der Waals surface area contributed by atoms with Crippen molar-refractivity contribution < 1.29 is 43.6 Å². The van der Waals surface area contributed by atoms with Crippen LogP contribution in [0.5, 0.6) is 0 Å². The van der Waals surface area contributed by atoms with Crippen molar-refractivity contribution in [1.82, 2.24) is 20.2 Å². The number of fused-ring (bicyclic) bond motifs is 2. The number of hydrogen-bond acceptors (Lipinski definition) is 15. The van der Waals surface area contributed by atoms with E-state index in [0.29, 0.717) is 21.1 Å². The van der Waals surface area contributed by atoms with Crippen LogP contribution in [0.2, 0.25) is 0 Å². The van der Waals surface area contributed by atoms with Crippen molar-refractivity contribution in [2.45, 2.75) is 42.1 Å². The molecule has 3 aromatic heterocycles. The molecule has 1 saturated heterocycles. The van der Waals surface area contributed by atoms with E-state index in [9.17, 15) is 34.2 Å². The Morgan fingerprint density at radius 3 is 2.69 bits per heavy atom. The lowest BCUT2D eigenvalue weighted by molar-refractivity contribution is -0.575. The fraction of sp³-hybridized carbons (Fsp3) is 0.320. The maximum Gasteiger partial charge on any atom is 0.493 e. The largest absolute Gasteiger partial charge is 0.543 e. The van der Waals surface area contributed by atoms with Gasteiger partial charge >= 0.3 is 12.0 Å². The first-order valence-corrected chi connectivity index (χ1v) is 16.6. The van der Waals surface area contributed by atoms with Crippen LogP contribution in [0, 0.1) is 6.92 Å². The SMILES string of the molecule is Cc1c2nc(SCC3=C(C(=O)[O-])N4C(=O)C(NC(=O)/C(=N\OC(C)(C)C(=O)O)c5csc(N)n5)[C@@H]4SC3)sc2cc[n+]1C(N)=O. The van der Waals surface area contributed by atoms with Gasteiger partial charge in [0.15, 0.2) is 15.2 Å². The number of carboxylic acid groups (broad SMARTS) is 2. The molecule has 0 saturated carbocycles. The highest BCUT2D eigenvalue weighted by molar-refractivity contribution is 8.02. The minimum Gasteiger partial charge on any atom is -0.543 e. The molecule has 2 atom stereocenters. The van der Waals surface area contributed by atoms with Gasteiger partial charge in [0.1, 0.15) is 34.5 Å². The number of carbonyl (C=O) groups excluding carboxylic acids is 4. The molecule has 2 aliphatic heterocycles. The van der Waals surface area contributed by atoms with Gasteiger partial charge in [0.05, 0.1) is 16.4 Å². The molecule has 236 valence electrons. The van der Waals surface area contributed by atoms with Crippen LogP contribution < -0.4 is 26.5 Å². The summed E-state index contributed by atoms with van der Waals surface area (Å²) in [5.41, 5.74) is 10.2. The molecule has 2 aliphatic rings. The Kier molecular flexibility index (Phi) is 8.75. The fourth-order valence-corrected chi connectivity index (χ4v) is 8.43. The predicted molar refractivity (Wildman–Crippen MR) is 163 cm³/mol. The number of aromatic nitrogens is 3. The van der Waals surface area contributed by atoms with Crippen LogP contribution in [0.1, 0.15) is 25.2 Å². The van der Waals surface area contributed by atoms with E-state index in [1.165, 1.54) is 58.7 Å². The predicted octanol–water partition coefficient (Wildman–Crippen LogP) is -0.362. The van der Waals surface area contributed by atoms with Gasteiger partial charge in [-0.3, -0.25) is 20.2 Å². The topological polar surface area (TPSA) is 247 Å². The minimum atomic E-state index is -1.78. The molecule has 0 aromatic carbocycles. The smallest absolute Gasteiger partial charge is 0.493 e. The first-order chi connectivity index (χ1) is 21.2. The maximum absolute atomic E-state index is 13.3. The molecule has 20 heteroatoms. The Hall–Kier alpha value is -4.27. The summed E-state index contributed by atoms with van der Waals surface area (Å²) in [6.07, 6.45) is 1.55. The zero-order valence-electron chi connectivity index (χ0n) is 23.6. The van der Waals surface area contributed by atoms with Gasteiger partial charge in [0.25, 0.3) is 11.8 Å². The minimum absolute atomic E-state index is 0.000215. The number of nitrogens with zero attached hydrogens (tertiary/aromatic N) is 5. The molecule has 16 nitrogen and oxygen atoms in total. The number of pyridine rings is 1. The van der Waals surface area contributed by atoms with E-state index in [4.69, 9.17) is 16.3 Å². The molecule has 0 bridgehead atoms. The number of anilines is 1. The van der Waals surface area contributed by atoms with E-state index < -0.39 is 52.5 Å². The Morgan fingerprint density at radius 1 is 1.33 bits per heavy atom. The summed E-state index contributed by atoms with van der Waals surface area (Å²) in [4.78, 5) is 76.5. The first kappa shape index (κ1) is 32.1. The van der Waals surface area contributed by atoms with Gasteiger partial charge < -0.3 is 30.9 Å². The number of hydrogen-bond donors (Lipinski definition) is 4. The van der Waals surface area contributed by atoms with Gasteiger partial charge in [0, 0.05) is 23.8 Å². The third-order valence-electron chi connectivity index (χ3n) is 6.71. The number of carboxylic acids is 2. The molecule has 0 spiro atoms. The number of nitrogen functional groups attached to an aromatic ring is 1. The molecule has 3 aromatic rings. The van der Waals surface area contributed by atoms with Crippen LogP contribution in [0.4, 0.5) is 9.93 Å². The van der Waals surface area contributed by atoms with E-state index in [0.717, 1.165) is 20.9 Å². The first-order valence-electron chi connectivity index (χ1n) is 12.8. The monoisotopic (exact) mass is 692 g/mol. The Labute approximate surface area is 270 Å². The number of oxime groups is 1. The van der Waals surface area contributed by atoms with E-state index in [1.54, 1.807) is 19.2 Å². The number of aryl methyl sites for hydroxylation is 1. The highest BCUT2D eigenvalue weighted by Gasteiger charge is 2.53. The fourth-order valence-electron chi connectivity index (χ4n) is 4.29. The van der Waals surface area contributed by atoms with Gasteiger partial charge in [-0.05, 0) is 25.5 Å². The Morgan fingerprint density at radius 2 is 2.07 bits per heavy atom. The van der Waals surface area contributed by atoms with Gasteiger partial charge in [-0.2, -0.15) is 9.36 Å². The maximum atomic E-state index is 13.3. The van der Waals surface area contributed by atoms with E-state index >= 15 is 0 Å². The van der Waals surface area contributed by atoms with E-state index in [2.05, 4.69) is 20.4 Å². The van der Waals surface area contributed by atoms with Crippen LogP contribution in [-0.4, -0.2) is 84.0 Å². The normalized spacial score (nSPS) is 18.4. The average Bonchev–Trinajstić information content (AvgIpc) is 3.60. The summed E-state index contributed by atoms with van der Waals surface area (Å²) >= 11 is 4.90. The number of thiazole rings is 2. The summed E-state index contributed by atoms with van der Waals surface area (Å²) in [7, 11) is 0. The van der Waals surface area contributed by atoms with Gasteiger partial charge in [0.2, 0.25) is 5.60 Å². The second kappa shape index (κ2) is 12.3. The van der Waals surface area contributed by atoms with Crippen molar-refractivity contribution in [3.8, 4) is 0 Å². The number of nitrogens with two attached hydrogens (primary N) is 2. The molecule has 5 rings (SSSR count). The summed E-state index contributed by atoms with van der Waals surface area (Å²) in [6, 6.07) is -0.0494. The molecule has 6 N–H and O–H groups in total. The van der Waals surface area contributed by atoms with Crippen molar-refractivity contribution in [2.24, 2.45) is 10.9 Å². The molecule has 3 amide bonds. The van der Waals surface area contributed by atoms with Crippen LogP contribution >= 0.6 is 46.2 Å². The second-order valence-corrected chi connectivity index (χ2v) is 14.4. The Balaban J connectivity index is 1.33. The third-order valence-corrected chi connectivity index (χ3v) is 11.0. The van der Waals surface area contributed by atoms with Crippen LogP contribution in [0.3, 0.4) is 0 Å². The van der Waals surface area contributed by atoms with Crippen molar-refractivity contribution in [3.05, 3.63) is 40.3 Å². The second-order valence-electron chi connectivity index (χ2n) is 10.1. The summed E-state index contributed by atoms with van der Waals surface area (Å²) in [5, 5.41) is 28.6. The number of thioether (sulfide) groups is 2. The number of nitrogens with one attached hydrogen (secondary N) is 1. The number of primary amides is 1. The van der Waals surface area contributed by atoms with Crippen molar-refractivity contribution in [1.29, 1.82) is 0 Å². The molecule has 0 aliphatic carbocycles. The Bertz CT molecular complexity index is 1830.